The summed E-state index contributed by atoms with van der Waals surface area (Å²) in [4.78, 5) is 23.8. The molecule has 0 bridgehead atoms. The highest BCUT2D eigenvalue weighted by atomic mass is 79.9. The molecule has 78 valence electrons. The van der Waals surface area contributed by atoms with Crippen LogP contribution in [0.5, 0.6) is 0 Å². The molecule has 0 amide bonds. The second kappa shape index (κ2) is 4.65. The van der Waals surface area contributed by atoms with Crippen molar-refractivity contribution >= 4 is 49.3 Å². The second-order valence-electron chi connectivity index (χ2n) is 2.62. The maximum absolute atomic E-state index is 10.7. The number of carbonyl (C=O) groups excluding carboxylic acids is 1. The van der Waals surface area contributed by atoms with Crippen molar-refractivity contribution in [1.82, 2.24) is 0 Å². The minimum Gasteiger partial charge on any atom is -0.258 e. The van der Waals surface area contributed by atoms with Crippen molar-refractivity contribution in [3.63, 3.8) is 0 Å². The molecule has 0 saturated carbocycles. The molecule has 0 aromatic heterocycles. The Morgan fingerprint density at radius 3 is 2.53 bits per heavy atom. The number of hydrogen-bond acceptors (Lipinski definition) is 4. The Kier molecular flexibility index (Phi) is 3.73. The van der Waals surface area contributed by atoms with Crippen LogP contribution in [0.2, 0.25) is 0 Å². The van der Waals surface area contributed by atoms with Crippen LogP contribution in [0.25, 0.3) is 0 Å². The molecular weight excluding hydrogens is 332 g/mol. The van der Waals surface area contributed by atoms with Gasteiger partial charge in [0.2, 0.25) is 6.08 Å². The largest absolute Gasteiger partial charge is 0.288 e. The fourth-order valence-electron chi connectivity index (χ4n) is 1.13. The molecule has 0 saturated heterocycles. The minimum absolute atomic E-state index is 0.104. The molecule has 0 fully saturated rings. The summed E-state index contributed by atoms with van der Waals surface area (Å²) in [7, 11) is 0. The molecular formula is C8H4Br2N2O3. The van der Waals surface area contributed by atoms with Gasteiger partial charge in [0.05, 0.1) is 15.0 Å². The van der Waals surface area contributed by atoms with Crippen molar-refractivity contribution in [3.8, 4) is 0 Å². The zero-order chi connectivity index (χ0) is 11.6. The van der Waals surface area contributed by atoms with Gasteiger partial charge in [0.1, 0.15) is 5.69 Å². The molecule has 0 unspecified atom stereocenters. The summed E-state index contributed by atoms with van der Waals surface area (Å²) < 4.78 is 0.836. The number of nitrogens with zero attached hydrogens (tertiary/aromatic N) is 2. The monoisotopic (exact) mass is 334 g/mol. The molecule has 0 aliphatic heterocycles. The molecule has 1 rings (SSSR count). The molecule has 0 heterocycles. The van der Waals surface area contributed by atoms with E-state index in [1.165, 1.54) is 19.1 Å². The molecule has 0 aliphatic rings. The number of halogens is 2. The lowest BCUT2D eigenvalue weighted by molar-refractivity contribution is -0.386. The van der Waals surface area contributed by atoms with E-state index in [9.17, 15) is 14.9 Å². The van der Waals surface area contributed by atoms with Gasteiger partial charge in [0, 0.05) is 4.47 Å². The topological polar surface area (TPSA) is 72.6 Å². The maximum atomic E-state index is 10.7. The fraction of sp³-hybridized carbons (Fsp3) is 0.125. The van der Waals surface area contributed by atoms with Gasteiger partial charge < -0.3 is 0 Å². The van der Waals surface area contributed by atoms with Gasteiger partial charge in [-0.15, -0.1) is 0 Å². The predicted molar refractivity (Wildman–Crippen MR) is 61.0 cm³/mol. The van der Waals surface area contributed by atoms with E-state index in [4.69, 9.17) is 0 Å². The third-order valence-corrected chi connectivity index (χ3v) is 2.97. The molecule has 0 spiro atoms. The smallest absolute Gasteiger partial charge is 0.258 e. The highest BCUT2D eigenvalue weighted by Crippen LogP contribution is 2.40. The van der Waals surface area contributed by atoms with E-state index in [1.54, 1.807) is 0 Å². The first-order valence-electron chi connectivity index (χ1n) is 3.70. The van der Waals surface area contributed by atoms with E-state index in [0.29, 0.717) is 14.5 Å². The molecule has 5 nitrogen and oxygen atoms in total. The van der Waals surface area contributed by atoms with Crippen molar-refractivity contribution in [3.05, 3.63) is 30.7 Å². The van der Waals surface area contributed by atoms with Crippen LogP contribution in [0.1, 0.15) is 5.56 Å². The Labute approximate surface area is 102 Å². The van der Waals surface area contributed by atoms with Gasteiger partial charge in [-0.2, -0.15) is 4.99 Å². The Hall–Kier alpha value is -1.04. The van der Waals surface area contributed by atoms with Gasteiger partial charge in [0.15, 0.2) is 0 Å². The summed E-state index contributed by atoms with van der Waals surface area (Å²) >= 11 is 6.23. The third-order valence-electron chi connectivity index (χ3n) is 1.76. The molecule has 0 N–H and O–H groups in total. The molecule has 0 aliphatic carbocycles. The van der Waals surface area contributed by atoms with Crippen molar-refractivity contribution < 1.29 is 9.72 Å². The number of hydrogen-bond donors (Lipinski definition) is 0. The van der Waals surface area contributed by atoms with Crippen LogP contribution < -0.4 is 0 Å². The first-order chi connectivity index (χ1) is 6.99. The lowest BCUT2D eigenvalue weighted by atomic mass is 10.1. The van der Waals surface area contributed by atoms with Gasteiger partial charge in [-0.1, -0.05) is 0 Å². The number of nitro benzene ring substituents is 1. The van der Waals surface area contributed by atoms with Crippen molar-refractivity contribution in [2.75, 3.05) is 0 Å². The van der Waals surface area contributed by atoms with Crippen LogP contribution in [0.15, 0.2) is 20.0 Å². The van der Waals surface area contributed by atoms with Gasteiger partial charge >= 0.3 is 0 Å². The Bertz CT molecular complexity index is 455. The van der Waals surface area contributed by atoms with Crippen LogP contribution in [0.4, 0.5) is 11.4 Å². The van der Waals surface area contributed by atoms with Crippen molar-refractivity contribution in [2.45, 2.75) is 6.92 Å². The van der Waals surface area contributed by atoms with Gasteiger partial charge in [-0.25, -0.2) is 4.79 Å². The van der Waals surface area contributed by atoms with Gasteiger partial charge in [0.25, 0.3) is 5.69 Å². The summed E-state index contributed by atoms with van der Waals surface area (Å²) in [5, 5.41) is 10.7. The van der Waals surface area contributed by atoms with Gasteiger partial charge in [-0.3, -0.25) is 10.1 Å². The van der Waals surface area contributed by atoms with E-state index >= 15 is 0 Å². The van der Waals surface area contributed by atoms with Crippen LogP contribution in [-0.2, 0) is 4.79 Å². The fourth-order valence-corrected chi connectivity index (χ4v) is 2.72. The zero-order valence-corrected chi connectivity index (χ0v) is 10.6. The Morgan fingerprint density at radius 2 is 2.07 bits per heavy atom. The van der Waals surface area contributed by atoms with E-state index in [0.717, 1.165) is 0 Å². The summed E-state index contributed by atoms with van der Waals surface area (Å²) in [6.07, 6.45) is 1.36. The maximum Gasteiger partial charge on any atom is 0.288 e. The highest BCUT2D eigenvalue weighted by molar-refractivity contribution is 9.11. The molecule has 7 heteroatoms. The second-order valence-corrected chi connectivity index (χ2v) is 4.33. The van der Waals surface area contributed by atoms with Crippen molar-refractivity contribution in [2.24, 2.45) is 4.99 Å². The summed E-state index contributed by atoms with van der Waals surface area (Å²) in [5.74, 6) is 0. The number of isocyanates is 1. The van der Waals surface area contributed by atoms with Crippen molar-refractivity contribution in [1.29, 1.82) is 0 Å². The number of benzene rings is 1. The predicted octanol–water partition coefficient (Wildman–Crippen LogP) is 3.40. The van der Waals surface area contributed by atoms with E-state index in [-0.39, 0.29) is 11.4 Å². The molecule has 0 radical (unpaired) electrons. The van der Waals surface area contributed by atoms with E-state index < -0.39 is 4.92 Å². The number of aliphatic imine (C=N–C) groups is 1. The Balaban J connectivity index is 3.63. The van der Waals surface area contributed by atoms with Crippen LogP contribution in [0.3, 0.4) is 0 Å². The van der Waals surface area contributed by atoms with Crippen LogP contribution in [0, 0.1) is 17.0 Å². The van der Waals surface area contributed by atoms with Crippen LogP contribution in [-0.4, -0.2) is 11.0 Å². The standard InChI is InChI=1S/C8H4Br2N2O3/c1-4-7(11-3-13)5(9)2-6(10)8(4)12(14)15/h2H,1H3. The van der Waals surface area contributed by atoms with Crippen LogP contribution >= 0.6 is 31.9 Å². The quantitative estimate of drug-likeness (QED) is 0.360. The molecule has 1 aromatic rings. The summed E-state index contributed by atoms with van der Waals surface area (Å²) in [6.45, 7) is 1.52. The molecule has 15 heavy (non-hydrogen) atoms. The zero-order valence-electron chi connectivity index (χ0n) is 7.45. The first-order valence-corrected chi connectivity index (χ1v) is 5.28. The first kappa shape index (κ1) is 12.0. The molecule has 0 atom stereocenters. The number of rotatable bonds is 2. The SMILES string of the molecule is Cc1c(N=C=O)c(Br)cc(Br)c1[N+](=O)[O-]. The van der Waals surface area contributed by atoms with E-state index in [2.05, 4.69) is 36.9 Å². The van der Waals surface area contributed by atoms with E-state index in [1.807, 2.05) is 0 Å². The third kappa shape index (κ3) is 2.31. The highest BCUT2D eigenvalue weighted by Gasteiger charge is 2.21. The van der Waals surface area contributed by atoms with Gasteiger partial charge in [-0.05, 0) is 44.8 Å². The summed E-state index contributed by atoms with van der Waals surface area (Å²) in [5.41, 5.74) is 0.428. The lowest BCUT2D eigenvalue weighted by Crippen LogP contribution is -1.94. The Morgan fingerprint density at radius 1 is 1.47 bits per heavy atom. The number of nitro groups is 1. The lowest BCUT2D eigenvalue weighted by Gasteiger charge is -2.04. The average Bonchev–Trinajstić information content (AvgIpc) is 2.11. The molecule has 1 aromatic carbocycles. The normalized spacial score (nSPS) is 9.53. The average molecular weight is 336 g/mol. The minimum atomic E-state index is -0.532. The summed E-state index contributed by atoms with van der Waals surface area (Å²) in [6, 6.07) is 1.47.